The molecule has 0 aliphatic carbocycles. The van der Waals surface area contributed by atoms with Crippen LogP contribution in [0.2, 0.25) is 0 Å². The van der Waals surface area contributed by atoms with Gasteiger partial charge in [0.1, 0.15) is 4.83 Å². The third-order valence-electron chi connectivity index (χ3n) is 5.73. The summed E-state index contributed by atoms with van der Waals surface area (Å²) in [6.07, 6.45) is 0.866. The fourth-order valence-electron chi connectivity index (χ4n) is 4.08. The van der Waals surface area contributed by atoms with Crippen LogP contribution in [0.4, 0.5) is 5.69 Å². The van der Waals surface area contributed by atoms with Crippen molar-refractivity contribution in [3.8, 4) is 0 Å². The molecule has 2 heterocycles. The van der Waals surface area contributed by atoms with E-state index in [4.69, 9.17) is 4.98 Å². The van der Waals surface area contributed by atoms with Crippen LogP contribution >= 0.6 is 23.1 Å². The molecular formula is C27H29N3O2S2. The van der Waals surface area contributed by atoms with Crippen LogP contribution in [0, 0.1) is 27.7 Å². The number of hydrogen-bond acceptors (Lipinski definition) is 5. The minimum absolute atomic E-state index is 0.0451. The number of nitrogens with one attached hydrogen (secondary N) is 1. The summed E-state index contributed by atoms with van der Waals surface area (Å²) in [5.74, 6) is 0.0481. The Morgan fingerprint density at radius 3 is 2.35 bits per heavy atom. The van der Waals surface area contributed by atoms with Crippen LogP contribution in [0.25, 0.3) is 10.2 Å². The van der Waals surface area contributed by atoms with Crippen LogP contribution in [-0.2, 0) is 17.8 Å². The summed E-state index contributed by atoms with van der Waals surface area (Å²) in [4.78, 5) is 33.1. The lowest BCUT2D eigenvalue weighted by atomic mass is 10.1. The van der Waals surface area contributed by atoms with E-state index in [0.29, 0.717) is 17.1 Å². The maximum atomic E-state index is 13.6. The Balaban J connectivity index is 1.66. The predicted molar refractivity (Wildman–Crippen MR) is 144 cm³/mol. The van der Waals surface area contributed by atoms with Gasteiger partial charge in [0.15, 0.2) is 5.16 Å². The number of anilines is 1. The van der Waals surface area contributed by atoms with Crippen molar-refractivity contribution >= 4 is 44.9 Å². The van der Waals surface area contributed by atoms with E-state index in [2.05, 4.69) is 18.3 Å². The third kappa shape index (κ3) is 5.26. The minimum atomic E-state index is -0.122. The fourth-order valence-corrected chi connectivity index (χ4v) is 6.04. The molecule has 2 aromatic carbocycles. The Labute approximate surface area is 208 Å². The van der Waals surface area contributed by atoms with Gasteiger partial charge in [-0.05, 0) is 68.5 Å². The second-order valence-electron chi connectivity index (χ2n) is 8.67. The van der Waals surface area contributed by atoms with E-state index < -0.39 is 0 Å². The SMILES string of the molecule is CCc1sc2nc(SCC(=O)Nc3cc(C)cc(C)c3)n(Cc3ccc(C)cc3)c(=O)c2c1C. The van der Waals surface area contributed by atoms with Gasteiger partial charge in [-0.15, -0.1) is 11.3 Å². The Hall–Kier alpha value is -2.90. The van der Waals surface area contributed by atoms with E-state index in [1.165, 1.54) is 22.2 Å². The zero-order chi connectivity index (χ0) is 24.4. The molecule has 0 saturated heterocycles. The summed E-state index contributed by atoms with van der Waals surface area (Å²) in [7, 11) is 0. The highest BCUT2D eigenvalue weighted by Crippen LogP contribution is 2.30. The molecule has 7 heteroatoms. The number of thiophene rings is 1. The lowest BCUT2D eigenvalue weighted by Crippen LogP contribution is -2.24. The van der Waals surface area contributed by atoms with Crippen molar-refractivity contribution in [1.29, 1.82) is 0 Å². The number of carbonyl (C=O) groups excluding carboxylic acids is 1. The van der Waals surface area contributed by atoms with Crippen molar-refractivity contribution < 1.29 is 4.79 Å². The average Bonchev–Trinajstić information content (AvgIpc) is 3.10. The minimum Gasteiger partial charge on any atom is -0.325 e. The number of rotatable bonds is 7. The first-order valence-electron chi connectivity index (χ1n) is 11.3. The molecule has 4 aromatic rings. The van der Waals surface area contributed by atoms with Crippen molar-refractivity contribution in [2.45, 2.75) is 52.7 Å². The molecule has 0 bridgehead atoms. The second-order valence-corrected chi connectivity index (χ2v) is 10.7. The number of aryl methyl sites for hydroxylation is 5. The lowest BCUT2D eigenvalue weighted by Gasteiger charge is -2.13. The first-order chi connectivity index (χ1) is 16.2. The van der Waals surface area contributed by atoms with E-state index in [-0.39, 0.29) is 17.2 Å². The van der Waals surface area contributed by atoms with Gasteiger partial charge in [-0.25, -0.2) is 4.98 Å². The van der Waals surface area contributed by atoms with Gasteiger partial charge in [0.2, 0.25) is 5.91 Å². The topological polar surface area (TPSA) is 64.0 Å². The van der Waals surface area contributed by atoms with Gasteiger partial charge >= 0.3 is 0 Å². The number of aromatic nitrogens is 2. The standard InChI is InChI=1S/C27H29N3O2S2/c1-6-22-19(5)24-25(34-22)29-27(30(26(24)32)14-20-9-7-16(2)8-10-20)33-15-23(31)28-21-12-17(3)11-18(4)13-21/h7-13H,6,14-15H2,1-5H3,(H,28,31). The third-order valence-corrected chi connectivity index (χ3v) is 8.04. The van der Waals surface area contributed by atoms with Crippen LogP contribution in [0.15, 0.2) is 52.4 Å². The van der Waals surface area contributed by atoms with Crippen molar-refractivity contribution in [3.63, 3.8) is 0 Å². The van der Waals surface area contributed by atoms with Crippen LogP contribution in [0.3, 0.4) is 0 Å². The summed E-state index contributed by atoms with van der Waals surface area (Å²) >= 11 is 2.87. The second kappa shape index (κ2) is 10.2. The van der Waals surface area contributed by atoms with Gasteiger partial charge < -0.3 is 5.32 Å². The van der Waals surface area contributed by atoms with E-state index >= 15 is 0 Å². The number of benzene rings is 2. The highest BCUT2D eigenvalue weighted by atomic mass is 32.2. The molecule has 1 amide bonds. The highest BCUT2D eigenvalue weighted by molar-refractivity contribution is 7.99. The molecule has 0 saturated carbocycles. The van der Waals surface area contributed by atoms with Crippen molar-refractivity contribution in [2.24, 2.45) is 0 Å². The Morgan fingerprint density at radius 2 is 1.71 bits per heavy atom. The lowest BCUT2D eigenvalue weighted by molar-refractivity contribution is -0.113. The first kappa shape index (κ1) is 24.2. The first-order valence-corrected chi connectivity index (χ1v) is 13.1. The van der Waals surface area contributed by atoms with E-state index in [0.717, 1.165) is 39.2 Å². The van der Waals surface area contributed by atoms with Crippen molar-refractivity contribution in [1.82, 2.24) is 9.55 Å². The number of fused-ring (bicyclic) bond motifs is 1. The highest BCUT2D eigenvalue weighted by Gasteiger charge is 2.19. The molecule has 0 radical (unpaired) electrons. The molecule has 1 N–H and O–H groups in total. The molecular weight excluding hydrogens is 462 g/mol. The van der Waals surface area contributed by atoms with E-state index in [9.17, 15) is 9.59 Å². The maximum Gasteiger partial charge on any atom is 0.263 e. The van der Waals surface area contributed by atoms with Gasteiger partial charge in [0.25, 0.3) is 5.56 Å². The quantitative estimate of drug-likeness (QED) is 0.253. The zero-order valence-corrected chi connectivity index (χ0v) is 21.8. The largest absolute Gasteiger partial charge is 0.325 e. The smallest absolute Gasteiger partial charge is 0.263 e. The van der Waals surface area contributed by atoms with Crippen molar-refractivity contribution in [2.75, 3.05) is 11.1 Å². The summed E-state index contributed by atoms with van der Waals surface area (Å²) in [5, 5.41) is 4.23. The molecule has 0 aliphatic heterocycles. The molecule has 176 valence electrons. The van der Waals surface area contributed by atoms with Crippen molar-refractivity contribution in [3.05, 3.63) is 85.5 Å². The van der Waals surface area contributed by atoms with Crippen LogP contribution in [0.1, 0.15) is 39.6 Å². The Kier molecular flexibility index (Phi) is 7.24. The van der Waals surface area contributed by atoms with E-state index in [1.54, 1.807) is 15.9 Å². The molecule has 0 aliphatic rings. The van der Waals surface area contributed by atoms with Gasteiger partial charge in [-0.1, -0.05) is 54.6 Å². The number of amides is 1. The normalized spacial score (nSPS) is 11.2. The van der Waals surface area contributed by atoms with Crippen LogP contribution < -0.4 is 10.9 Å². The molecule has 0 fully saturated rings. The number of nitrogens with zero attached hydrogens (tertiary/aromatic N) is 2. The summed E-state index contributed by atoms with van der Waals surface area (Å²) in [6, 6.07) is 14.1. The molecule has 5 nitrogen and oxygen atoms in total. The zero-order valence-electron chi connectivity index (χ0n) is 20.2. The number of thioether (sulfide) groups is 1. The van der Waals surface area contributed by atoms with Gasteiger partial charge in [-0.2, -0.15) is 0 Å². The Bertz CT molecular complexity index is 1400. The molecule has 34 heavy (non-hydrogen) atoms. The number of hydrogen-bond donors (Lipinski definition) is 1. The summed E-state index contributed by atoms with van der Waals surface area (Å²) < 4.78 is 1.71. The summed E-state index contributed by atoms with van der Waals surface area (Å²) in [6.45, 7) is 10.6. The van der Waals surface area contributed by atoms with E-state index in [1.807, 2.05) is 64.1 Å². The van der Waals surface area contributed by atoms with Gasteiger partial charge in [0.05, 0.1) is 17.7 Å². The van der Waals surface area contributed by atoms with Gasteiger partial charge in [-0.3, -0.25) is 14.2 Å². The summed E-state index contributed by atoms with van der Waals surface area (Å²) in [5.41, 5.74) is 6.15. The number of carbonyl (C=O) groups is 1. The molecule has 0 unspecified atom stereocenters. The van der Waals surface area contributed by atoms with Crippen LogP contribution in [0.5, 0.6) is 0 Å². The molecule has 0 atom stereocenters. The fraction of sp³-hybridized carbons (Fsp3) is 0.296. The average molecular weight is 492 g/mol. The van der Waals surface area contributed by atoms with Crippen LogP contribution in [-0.4, -0.2) is 21.2 Å². The van der Waals surface area contributed by atoms with Gasteiger partial charge in [0, 0.05) is 10.6 Å². The molecule has 4 rings (SSSR count). The Morgan fingerprint density at radius 1 is 1.03 bits per heavy atom. The molecule has 2 aromatic heterocycles. The maximum absolute atomic E-state index is 13.6. The predicted octanol–water partition coefficient (Wildman–Crippen LogP) is 6.03. The monoisotopic (exact) mass is 491 g/mol. The molecule has 0 spiro atoms.